The minimum absolute atomic E-state index is 0.158. The number of fused-ring (bicyclic) bond motifs is 1. The third kappa shape index (κ3) is 4.22. The summed E-state index contributed by atoms with van der Waals surface area (Å²) in [6.45, 7) is 3.78. The lowest BCUT2D eigenvalue weighted by Crippen LogP contribution is -2.30. The summed E-state index contributed by atoms with van der Waals surface area (Å²) in [5, 5.41) is 2.50. The van der Waals surface area contributed by atoms with Crippen molar-refractivity contribution in [3.63, 3.8) is 0 Å². The second-order valence-electron chi connectivity index (χ2n) is 7.02. The molecule has 4 rings (SSSR count). The maximum Gasteiger partial charge on any atom is 0.270 e. The zero-order valence-electron chi connectivity index (χ0n) is 16.9. The lowest BCUT2D eigenvalue weighted by Gasteiger charge is -2.14. The maximum absolute atomic E-state index is 12.7. The summed E-state index contributed by atoms with van der Waals surface area (Å²) in [7, 11) is 0. The molecule has 4 N–H and O–H groups in total. The summed E-state index contributed by atoms with van der Waals surface area (Å²) in [4.78, 5) is 20.9. The number of nitrogens with one attached hydrogen (secondary N) is 2. The van der Waals surface area contributed by atoms with Gasteiger partial charge in [0.15, 0.2) is 5.82 Å². The van der Waals surface area contributed by atoms with E-state index in [0.717, 1.165) is 21.9 Å². The van der Waals surface area contributed by atoms with E-state index < -0.39 is 0 Å². The highest BCUT2D eigenvalue weighted by molar-refractivity contribution is 6.32. The highest BCUT2D eigenvalue weighted by atomic mass is 35.5. The first-order chi connectivity index (χ1) is 14.9. The highest BCUT2D eigenvalue weighted by Crippen LogP contribution is 2.32. The SMILES string of the molecule is Cc1cc(Oc2ncnc(NNC(=O)c3cccc4ccccc34)c2N)cc(C)c1Cl. The van der Waals surface area contributed by atoms with Crippen molar-refractivity contribution >= 4 is 39.8 Å². The van der Waals surface area contributed by atoms with E-state index in [1.165, 1.54) is 6.33 Å². The Morgan fingerprint density at radius 3 is 2.52 bits per heavy atom. The quantitative estimate of drug-likeness (QED) is 0.381. The molecule has 0 spiro atoms. The van der Waals surface area contributed by atoms with Crippen LogP contribution >= 0.6 is 11.6 Å². The number of rotatable bonds is 5. The summed E-state index contributed by atoms with van der Waals surface area (Å²) < 4.78 is 5.83. The second-order valence-corrected chi connectivity index (χ2v) is 7.40. The number of aromatic nitrogens is 2. The number of halogens is 1. The molecule has 1 amide bonds. The Bertz CT molecular complexity index is 1260. The lowest BCUT2D eigenvalue weighted by molar-refractivity contribution is 0.0964. The van der Waals surface area contributed by atoms with Gasteiger partial charge < -0.3 is 10.5 Å². The van der Waals surface area contributed by atoms with E-state index in [1.54, 1.807) is 18.2 Å². The first kappa shape index (κ1) is 20.4. The number of nitrogens with zero attached hydrogens (tertiary/aromatic N) is 2. The largest absolute Gasteiger partial charge is 0.437 e. The van der Waals surface area contributed by atoms with Crippen LogP contribution in [0.2, 0.25) is 5.02 Å². The predicted molar refractivity (Wildman–Crippen MR) is 122 cm³/mol. The van der Waals surface area contributed by atoms with Gasteiger partial charge in [-0.05, 0) is 53.9 Å². The van der Waals surface area contributed by atoms with Crippen molar-refractivity contribution in [2.45, 2.75) is 13.8 Å². The molecule has 0 saturated carbocycles. The minimum Gasteiger partial charge on any atom is -0.437 e. The number of benzene rings is 3. The second kappa shape index (κ2) is 8.49. The van der Waals surface area contributed by atoms with Gasteiger partial charge in [-0.15, -0.1) is 0 Å². The van der Waals surface area contributed by atoms with E-state index in [-0.39, 0.29) is 23.3 Å². The zero-order valence-corrected chi connectivity index (χ0v) is 17.7. The summed E-state index contributed by atoms with van der Waals surface area (Å²) in [6.07, 6.45) is 1.30. The van der Waals surface area contributed by atoms with Gasteiger partial charge in [0.1, 0.15) is 17.8 Å². The number of carbonyl (C=O) groups excluding carboxylic acids is 1. The molecule has 156 valence electrons. The highest BCUT2D eigenvalue weighted by Gasteiger charge is 2.14. The number of nitrogen functional groups attached to an aromatic ring is 1. The van der Waals surface area contributed by atoms with Crippen molar-refractivity contribution in [3.05, 3.63) is 82.6 Å². The van der Waals surface area contributed by atoms with Crippen molar-refractivity contribution in [2.24, 2.45) is 0 Å². The van der Waals surface area contributed by atoms with Gasteiger partial charge in [0.05, 0.1) is 0 Å². The molecule has 0 fully saturated rings. The average molecular weight is 434 g/mol. The van der Waals surface area contributed by atoms with Crippen LogP contribution in [0.1, 0.15) is 21.5 Å². The van der Waals surface area contributed by atoms with Crippen molar-refractivity contribution in [2.75, 3.05) is 11.2 Å². The molecule has 1 heterocycles. The van der Waals surface area contributed by atoms with Gasteiger partial charge in [0, 0.05) is 10.6 Å². The molecule has 0 saturated heterocycles. The third-order valence-corrected chi connectivity index (χ3v) is 5.40. The molecule has 1 aromatic heterocycles. The fourth-order valence-electron chi connectivity index (χ4n) is 3.24. The Morgan fingerprint density at radius 2 is 1.74 bits per heavy atom. The molecular weight excluding hydrogens is 414 g/mol. The molecule has 3 aromatic carbocycles. The van der Waals surface area contributed by atoms with E-state index in [9.17, 15) is 4.79 Å². The Hall–Kier alpha value is -3.84. The molecule has 0 unspecified atom stereocenters. The number of aryl methyl sites for hydroxylation is 2. The van der Waals surface area contributed by atoms with Gasteiger partial charge in [0.2, 0.25) is 5.88 Å². The monoisotopic (exact) mass is 433 g/mol. The van der Waals surface area contributed by atoms with E-state index >= 15 is 0 Å². The van der Waals surface area contributed by atoms with Crippen LogP contribution in [-0.4, -0.2) is 15.9 Å². The Balaban J connectivity index is 1.53. The van der Waals surface area contributed by atoms with Crippen LogP contribution in [0.5, 0.6) is 11.6 Å². The third-order valence-electron chi connectivity index (χ3n) is 4.80. The molecular formula is C23H20ClN5O2. The van der Waals surface area contributed by atoms with Crippen LogP contribution in [-0.2, 0) is 0 Å². The number of hydrogen-bond acceptors (Lipinski definition) is 6. The van der Waals surface area contributed by atoms with Crippen LogP contribution in [0.3, 0.4) is 0 Å². The molecule has 0 atom stereocenters. The fourth-order valence-corrected chi connectivity index (χ4v) is 3.35. The van der Waals surface area contributed by atoms with Gasteiger partial charge in [-0.25, -0.2) is 4.98 Å². The normalized spacial score (nSPS) is 10.7. The number of ether oxygens (including phenoxy) is 1. The van der Waals surface area contributed by atoms with Crippen LogP contribution in [0.15, 0.2) is 60.9 Å². The van der Waals surface area contributed by atoms with Gasteiger partial charge in [-0.2, -0.15) is 4.98 Å². The van der Waals surface area contributed by atoms with Crippen LogP contribution in [0, 0.1) is 13.8 Å². The van der Waals surface area contributed by atoms with Gasteiger partial charge in [0.25, 0.3) is 5.91 Å². The Labute approximate surface area is 184 Å². The minimum atomic E-state index is -0.318. The van der Waals surface area contributed by atoms with E-state index in [1.807, 2.05) is 50.2 Å². The molecule has 0 aliphatic carbocycles. The topological polar surface area (TPSA) is 102 Å². The smallest absolute Gasteiger partial charge is 0.270 e. The van der Waals surface area contributed by atoms with E-state index in [0.29, 0.717) is 16.3 Å². The number of amides is 1. The molecule has 0 bridgehead atoms. The van der Waals surface area contributed by atoms with Gasteiger partial charge in [-0.1, -0.05) is 48.0 Å². The summed E-state index contributed by atoms with van der Waals surface area (Å²) >= 11 is 6.21. The first-order valence-corrected chi connectivity index (χ1v) is 9.91. The average Bonchev–Trinajstić information content (AvgIpc) is 2.77. The zero-order chi connectivity index (χ0) is 22.0. The number of anilines is 2. The van der Waals surface area contributed by atoms with E-state index in [2.05, 4.69) is 20.8 Å². The molecule has 7 nitrogen and oxygen atoms in total. The van der Waals surface area contributed by atoms with Crippen LogP contribution in [0.25, 0.3) is 10.8 Å². The number of hydrazine groups is 1. The number of carbonyl (C=O) groups is 1. The lowest BCUT2D eigenvalue weighted by atomic mass is 10.0. The molecule has 8 heteroatoms. The summed E-state index contributed by atoms with van der Waals surface area (Å²) in [6, 6.07) is 16.8. The molecule has 4 aromatic rings. The Morgan fingerprint density at radius 1 is 1.03 bits per heavy atom. The van der Waals surface area contributed by atoms with Crippen LogP contribution < -0.4 is 21.3 Å². The number of hydrogen-bond donors (Lipinski definition) is 3. The number of nitrogens with two attached hydrogens (primary N) is 1. The Kier molecular flexibility index (Phi) is 5.60. The van der Waals surface area contributed by atoms with Crippen molar-refractivity contribution in [3.8, 4) is 11.6 Å². The van der Waals surface area contributed by atoms with Gasteiger partial charge >= 0.3 is 0 Å². The standard InChI is InChI=1S/C23H20ClN5O2/c1-13-10-16(11-14(2)19(13)24)31-23-20(25)21(26-12-27-23)28-29-22(30)18-9-5-7-15-6-3-4-8-17(15)18/h3-12H,25H2,1-2H3,(H,29,30)(H,26,27,28). The van der Waals surface area contributed by atoms with Crippen molar-refractivity contribution in [1.29, 1.82) is 0 Å². The fraction of sp³-hybridized carbons (Fsp3) is 0.0870. The first-order valence-electron chi connectivity index (χ1n) is 9.53. The van der Waals surface area contributed by atoms with E-state index in [4.69, 9.17) is 22.1 Å². The summed E-state index contributed by atoms with van der Waals surface area (Å²) in [5.74, 6) is 0.621. The predicted octanol–water partition coefficient (Wildman–Crippen LogP) is 5.03. The molecule has 0 aliphatic heterocycles. The molecule has 0 radical (unpaired) electrons. The van der Waals surface area contributed by atoms with Crippen molar-refractivity contribution in [1.82, 2.24) is 15.4 Å². The van der Waals surface area contributed by atoms with Gasteiger partial charge in [-0.3, -0.25) is 15.6 Å². The summed E-state index contributed by atoms with van der Waals surface area (Å²) in [5.41, 5.74) is 14.0. The molecule has 0 aliphatic rings. The van der Waals surface area contributed by atoms with Crippen molar-refractivity contribution < 1.29 is 9.53 Å². The maximum atomic E-state index is 12.7. The van der Waals surface area contributed by atoms with Crippen LogP contribution in [0.4, 0.5) is 11.5 Å². The molecule has 31 heavy (non-hydrogen) atoms.